The number of rotatable bonds is 32. The molecule has 0 saturated carbocycles. The first-order valence-corrected chi connectivity index (χ1v) is 32.8. The Morgan fingerprint density at radius 3 is 1.20 bits per heavy atom. The highest BCUT2D eigenvalue weighted by molar-refractivity contribution is 7.93. The van der Waals surface area contributed by atoms with Crippen molar-refractivity contribution in [3.63, 3.8) is 0 Å². The number of hydrogen-bond acceptors (Lipinski definition) is 21. The highest BCUT2D eigenvalue weighted by Crippen LogP contribution is 2.40. The Kier molecular flexibility index (Phi) is 25.1. The summed E-state index contributed by atoms with van der Waals surface area (Å²) >= 11 is 0.704. The molecule has 0 atom stereocenters. The van der Waals surface area contributed by atoms with Crippen LogP contribution >= 0.6 is 12.0 Å². The first-order valence-electron chi connectivity index (χ1n) is 27.0. The molecule has 0 spiro atoms. The van der Waals surface area contributed by atoms with E-state index in [0.717, 1.165) is 11.1 Å². The maximum Gasteiger partial charge on any atom is 0.323 e. The Morgan fingerprint density at radius 2 is 0.802 bits per heavy atom. The van der Waals surface area contributed by atoms with Gasteiger partial charge in [-0.2, -0.15) is 55.9 Å². The van der Waals surface area contributed by atoms with Crippen LogP contribution in [0, 0.1) is 27.7 Å². The molecule has 86 heavy (non-hydrogen) atoms. The van der Waals surface area contributed by atoms with Crippen LogP contribution in [-0.4, -0.2) is 98.9 Å². The van der Waals surface area contributed by atoms with Crippen molar-refractivity contribution < 1.29 is 67.2 Å². The van der Waals surface area contributed by atoms with Gasteiger partial charge >= 0.3 is 6.03 Å². The summed E-state index contributed by atoms with van der Waals surface area (Å²) in [7, 11) is -12.5. The largest absolute Gasteiger partial charge is 0.493 e. The third kappa shape index (κ3) is 22.6. The second kappa shape index (κ2) is 32.1. The SMILES string of the molecule is CCc1cc(OCCS(=O)(=O)O)ccc1N=Nc1cc(OCCCCS(=O)(=O)O)c(/N=N/c2ccc(NC(=O)Nc3ccc(N=Nc4cc(C)c(/N=N\c5ccc(OCCSO)cc5CC)cc4OCCCCS(=O)(=O)O)c(C)c3)cc2C)cc1C. The normalized spacial score (nSPS) is 12.2. The van der Waals surface area contributed by atoms with Gasteiger partial charge in [0.1, 0.15) is 46.7 Å². The predicted molar refractivity (Wildman–Crippen MR) is 330 cm³/mol. The summed E-state index contributed by atoms with van der Waals surface area (Å²) in [6, 6.07) is 26.8. The summed E-state index contributed by atoms with van der Waals surface area (Å²) < 4.78 is 127. The molecular weight excluding hydrogens is 1190 g/mol. The molecule has 6 N–H and O–H groups in total. The molecule has 0 aliphatic rings. The molecule has 6 aromatic carbocycles. The fourth-order valence-corrected chi connectivity index (χ4v) is 9.60. The van der Waals surface area contributed by atoms with Gasteiger partial charge in [0.25, 0.3) is 30.4 Å². The molecule has 0 aromatic heterocycles. The Balaban J connectivity index is 1.13. The summed E-state index contributed by atoms with van der Waals surface area (Å²) in [6.07, 6.45) is 2.13. The smallest absolute Gasteiger partial charge is 0.323 e. The maximum atomic E-state index is 13.3. The second-order valence-corrected chi connectivity index (χ2v) is 24.8. The molecular formula is C57H68N10O15S4. The number of nitrogens with one attached hydrogen (secondary N) is 2. The molecule has 0 aliphatic heterocycles. The molecule has 0 unspecified atom stereocenters. The molecule has 0 saturated heterocycles. The maximum absolute atomic E-state index is 13.3. The lowest BCUT2D eigenvalue weighted by Gasteiger charge is -2.12. The average molecular weight is 1260 g/mol. The fourth-order valence-electron chi connectivity index (χ4n) is 8.01. The number of urea groups is 1. The van der Waals surface area contributed by atoms with Gasteiger partial charge < -0.3 is 34.1 Å². The van der Waals surface area contributed by atoms with E-state index < -0.39 is 53.6 Å². The van der Waals surface area contributed by atoms with Gasteiger partial charge in [0.2, 0.25) is 0 Å². The summed E-state index contributed by atoms with van der Waals surface area (Å²) in [5, 5.41) is 41.6. The summed E-state index contributed by atoms with van der Waals surface area (Å²) in [5.41, 5.74) is 9.09. The molecule has 0 bridgehead atoms. The van der Waals surface area contributed by atoms with E-state index in [0.29, 0.717) is 146 Å². The van der Waals surface area contributed by atoms with E-state index in [2.05, 4.69) is 51.5 Å². The molecule has 25 nitrogen and oxygen atoms in total. The molecule has 6 aromatic rings. The van der Waals surface area contributed by atoms with E-state index in [-0.39, 0.29) is 38.4 Å². The molecule has 0 heterocycles. The Hall–Kier alpha value is -7.77. The number of azo groups is 4. The van der Waals surface area contributed by atoms with E-state index in [9.17, 15) is 39.2 Å². The van der Waals surface area contributed by atoms with Crippen LogP contribution in [0.5, 0.6) is 23.0 Å². The second-order valence-electron chi connectivity index (χ2n) is 19.4. The van der Waals surface area contributed by atoms with Gasteiger partial charge in [-0.05, 0) is 197 Å². The van der Waals surface area contributed by atoms with E-state index in [4.69, 9.17) is 28.1 Å². The van der Waals surface area contributed by atoms with Crippen molar-refractivity contribution in [1.29, 1.82) is 0 Å². The molecule has 2 amide bonds. The summed E-state index contributed by atoms with van der Waals surface area (Å²) in [5.74, 6) is 0.654. The van der Waals surface area contributed by atoms with Gasteiger partial charge in [0.05, 0.1) is 71.2 Å². The third-order valence-corrected chi connectivity index (χ3v) is 15.2. The lowest BCUT2D eigenvalue weighted by molar-refractivity contribution is 0.262. The number of carbonyl (C=O) groups excluding carboxylic acids is 1. The number of ether oxygens (including phenoxy) is 4. The molecule has 0 fully saturated rings. The van der Waals surface area contributed by atoms with Gasteiger partial charge in [0, 0.05) is 23.5 Å². The minimum atomic E-state index is -4.19. The highest BCUT2D eigenvalue weighted by atomic mass is 32.2. The average Bonchev–Trinajstić information content (AvgIpc) is 3.39. The molecule has 6 rings (SSSR count). The summed E-state index contributed by atoms with van der Waals surface area (Å²) in [4.78, 5) is 13.3. The Morgan fingerprint density at radius 1 is 0.430 bits per heavy atom. The minimum absolute atomic E-state index is 0.0758. The van der Waals surface area contributed by atoms with Crippen molar-refractivity contribution in [2.45, 2.75) is 80.1 Å². The first kappa shape index (κ1) is 67.4. The highest BCUT2D eigenvalue weighted by Gasteiger charge is 2.16. The van der Waals surface area contributed by atoms with E-state index in [1.165, 1.54) is 0 Å². The van der Waals surface area contributed by atoms with Gasteiger partial charge in [-0.15, -0.1) is 10.2 Å². The zero-order chi connectivity index (χ0) is 62.4. The van der Waals surface area contributed by atoms with Crippen molar-refractivity contribution in [3.05, 3.63) is 130 Å². The topological polar surface area (TPSA) is 360 Å². The van der Waals surface area contributed by atoms with E-state index in [1.54, 1.807) is 112 Å². The first-order chi connectivity index (χ1) is 40.9. The van der Waals surface area contributed by atoms with E-state index >= 15 is 0 Å². The van der Waals surface area contributed by atoms with E-state index in [1.807, 2.05) is 26.8 Å². The van der Waals surface area contributed by atoms with Crippen molar-refractivity contribution in [3.8, 4) is 23.0 Å². The number of anilines is 2. The number of nitrogens with zero attached hydrogens (tertiary/aromatic N) is 8. The molecule has 0 aliphatic carbocycles. The number of unbranched alkanes of at least 4 members (excludes halogenated alkanes) is 2. The number of aryl methyl sites for hydroxylation is 6. The number of amides is 2. The number of benzene rings is 6. The van der Waals surface area contributed by atoms with Gasteiger partial charge in [-0.25, -0.2) is 4.79 Å². The third-order valence-electron chi connectivity index (χ3n) is 12.6. The van der Waals surface area contributed by atoms with Crippen LogP contribution in [0.1, 0.15) is 72.9 Å². The van der Waals surface area contributed by atoms with Crippen LogP contribution < -0.4 is 29.6 Å². The number of hydrogen-bond donors (Lipinski definition) is 6. The lowest BCUT2D eigenvalue weighted by atomic mass is 10.1. The monoisotopic (exact) mass is 1260 g/mol. The van der Waals surface area contributed by atoms with Crippen LogP contribution in [0.3, 0.4) is 0 Å². The van der Waals surface area contributed by atoms with Gasteiger partial charge in [0.15, 0.2) is 0 Å². The molecule has 29 heteroatoms. The fraction of sp³-hybridized carbons (Fsp3) is 0.351. The van der Waals surface area contributed by atoms with Crippen LogP contribution in [0.4, 0.5) is 61.7 Å². The van der Waals surface area contributed by atoms with Crippen molar-refractivity contribution in [1.82, 2.24) is 0 Å². The standard InChI is InChI=1S/C57H68N10O15S4/c1-7-41-33-45(79-23-25-83-69)15-19-49(41)62-64-51-35-55(81-21-9-11-26-84(70,71)72)53(31-39(51)5)66-60-47-17-13-43(29-37(47)3)58-57(68)59-44-14-18-48(38(4)30-44)61-67-54-32-40(6)52(36-56(54)82-22-10-12-27-85(73,74)75)65-63-50-20-16-46(34-42(50)8-2)80-24-28-86(76,77)78/h13-20,29-36,69H,7-12,21-28H2,1-6H3,(H2,58,59,68)(H,70,71,72)(H,73,74,75)(H,76,77,78)/b64-62-,65-63?,66-60?,67-61+. The van der Waals surface area contributed by atoms with Gasteiger partial charge in [-0.1, -0.05) is 13.8 Å². The van der Waals surface area contributed by atoms with Crippen LogP contribution in [0.25, 0.3) is 0 Å². The Labute approximate surface area is 504 Å². The molecule has 460 valence electrons. The van der Waals surface area contributed by atoms with Crippen molar-refractivity contribution in [2.75, 3.05) is 60.1 Å². The molecule has 0 radical (unpaired) electrons. The van der Waals surface area contributed by atoms with Crippen LogP contribution in [0.2, 0.25) is 0 Å². The van der Waals surface area contributed by atoms with Crippen LogP contribution in [0.15, 0.2) is 138 Å². The minimum Gasteiger partial charge on any atom is -0.493 e. The van der Waals surface area contributed by atoms with Gasteiger partial charge in [-0.3, -0.25) is 13.7 Å². The zero-order valence-corrected chi connectivity index (χ0v) is 51.4. The quantitative estimate of drug-likeness (QED) is 0.00989. The lowest BCUT2D eigenvalue weighted by Crippen LogP contribution is -2.19. The number of carbonyl (C=O) groups is 1. The summed E-state index contributed by atoms with van der Waals surface area (Å²) in [6.45, 7) is 11.4. The van der Waals surface area contributed by atoms with Crippen LogP contribution in [-0.2, 0) is 43.2 Å². The zero-order valence-electron chi connectivity index (χ0n) is 48.1. The van der Waals surface area contributed by atoms with Crippen molar-refractivity contribution in [2.24, 2.45) is 40.9 Å². The Bertz CT molecular complexity index is 3830. The van der Waals surface area contributed by atoms with Crippen molar-refractivity contribution >= 4 is 105 Å². The predicted octanol–water partition coefficient (Wildman–Crippen LogP) is 15.3.